The molecule has 0 saturated carbocycles. The molecule has 0 aromatic heterocycles. The molecule has 3 nitrogen and oxygen atoms in total. The van der Waals surface area contributed by atoms with Gasteiger partial charge in [-0.15, -0.1) is 0 Å². The predicted octanol–water partition coefficient (Wildman–Crippen LogP) is 6.28. The monoisotopic (exact) mass is 505 g/mol. The van der Waals surface area contributed by atoms with E-state index in [9.17, 15) is 4.39 Å². The quantitative estimate of drug-likeness (QED) is 0.421. The number of fused-ring (bicyclic) bond motifs is 1. The summed E-state index contributed by atoms with van der Waals surface area (Å²) in [6.07, 6.45) is 4.16. The van der Waals surface area contributed by atoms with E-state index in [1.807, 2.05) is 24.3 Å². The number of rotatable bonds is 8. The zero-order valence-corrected chi connectivity index (χ0v) is 20.1. The second-order valence-electron chi connectivity index (χ2n) is 8.53. The first kappa shape index (κ1) is 23.4. The second kappa shape index (κ2) is 10.9. The number of methoxy groups -OCH3 is 1. The summed E-state index contributed by atoms with van der Waals surface area (Å²) in [6, 6.07) is 11.9. The summed E-state index contributed by atoms with van der Waals surface area (Å²) in [5.74, 6) is 0.681. The first-order valence-electron chi connectivity index (χ1n) is 11.3. The Morgan fingerprint density at radius 2 is 1.94 bits per heavy atom. The summed E-state index contributed by atoms with van der Waals surface area (Å²) in [7, 11) is 1.59. The van der Waals surface area contributed by atoms with E-state index in [-0.39, 0.29) is 25.2 Å². The number of likely N-dealkylation sites (tertiary alicyclic amines) is 1. The highest BCUT2D eigenvalue weighted by atomic mass is 79.9. The van der Waals surface area contributed by atoms with E-state index in [2.05, 4.69) is 33.0 Å². The highest BCUT2D eigenvalue weighted by Gasteiger charge is 2.24. The summed E-state index contributed by atoms with van der Waals surface area (Å²) in [6.45, 7) is 2.60. The molecule has 2 aromatic carbocycles. The first-order chi connectivity index (χ1) is 15.6. The number of hydrogen-bond donors (Lipinski definition) is 0. The molecule has 6 heteroatoms. The van der Waals surface area contributed by atoms with E-state index in [1.165, 1.54) is 0 Å². The summed E-state index contributed by atoms with van der Waals surface area (Å²) in [5.41, 5.74) is 4.40. The molecule has 0 radical (unpaired) electrons. The zero-order chi connectivity index (χ0) is 22.5. The zero-order valence-electron chi connectivity index (χ0n) is 18.5. The average molecular weight is 506 g/mol. The molecule has 1 heterocycles. The fraction of sp³-hybridized carbons (Fsp3) is 0.462. The van der Waals surface area contributed by atoms with E-state index in [0.29, 0.717) is 18.4 Å². The van der Waals surface area contributed by atoms with Crippen LogP contribution in [0.1, 0.15) is 47.9 Å². The molecule has 0 spiro atoms. The Labute approximate surface area is 197 Å². The number of allylic oxidation sites excluding steroid dienone is 1. The van der Waals surface area contributed by atoms with E-state index in [4.69, 9.17) is 9.47 Å². The van der Waals surface area contributed by atoms with Gasteiger partial charge in [0.1, 0.15) is 17.7 Å². The Kier molecular flexibility index (Phi) is 7.98. The van der Waals surface area contributed by atoms with Crippen molar-refractivity contribution in [1.82, 2.24) is 4.90 Å². The van der Waals surface area contributed by atoms with Crippen LogP contribution in [0.5, 0.6) is 5.75 Å². The van der Waals surface area contributed by atoms with Crippen LogP contribution in [0.15, 0.2) is 40.9 Å². The van der Waals surface area contributed by atoms with Crippen molar-refractivity contribution < 1.29 is 18.3 Å². The number of benzene rings is 2. The lowest BCUT2D eigenvalue weighted by atomic mass is 9.92. The third-order valence-electron chi connectivity index (χ3n) is 6.27. The van der Waals surface area contributed by atoms with E-state index < -0.39 is 0 Å². The molecule has 0 N–H and O–H groups in total. The van der Waals surface area contributed by atoms with Crippen molar-refractivity contribution in [3.05, 3.63) is 69.0 Å². The van der Waals surface area contributed by atoms with Gasteiger partial charge < -0.3 is 9.47 Å². The third-order valence-corrected chi connectivity index (χ3v) is 7.06. The van der Waals surface area contributed by atoms with Crippen LogP contribution in [-0.4, -0.2) is 44.4 Å². The van der Waals surface area contributed by atoms with Crippen molar-refractivity contribution in [2.45, 2.75) is 44.8 Å². The molecular weight excluding hydrogens is 476 g/mol. The molecular formula is C26H30BrF2NO2. The molecule has 0 bridgehead atoms. The van der Waals surface area contributed by atoms with Gasteiger partial charge in [-0.05, 0) is 66.5 Å². The molecule has 1 aliphatic carbocycles. The molecule has 172 valence electrons. The summed E-state index contributed by atoms with van der Waals surface area (Å²) in [4.78, 5) is 2.26. The molecule has 1 fully saturated rings. The summed E-state index contributed by atoms with van der Waals surface area (Å²) in [5, 5.41) is 0. The van der Waals surface area contributed by atoms with Crippen LogP contribution in [0.3, 0.4) is 0 Å². The van der Waals surface area contributed by atoms with Crippen LogP contribution in [0.4, 0.5) is 8.78 Å². The number of ether oxygens (including phenoxy) is 2. The van der Waals surface area contributed by atoms with Gasteiger partial charge in [0.25, 0.3) is 0 Å². The Morgan fingerprint density at radius 1 is 1.12 bits per heavy atom. The predicted molar refractivity (Wildman–Crippen MR) is 128 cm³/mol. The van der Waals surface area contributed by atoms with Gasteiger partial charge in [0.05, 0.1) is 13.3 Å². The van der Waals surface area contributed by atoms with E-state index >= 15 is 4.39 Å². The SMILES string of the molecule is COCc1ccc2c(c1F)CCCC(Br)=C2c1ccc(OC2CCN(CCCF)C2)cc1. The minimum atomic E-state index is -0.268. The summed E-state index contributed by atoms with van der Waals surface area (Å²) >= 11 is 3.77. The maximum atomic E-state index is 15.2. The van der Waals surface area contributed by atoms with Gasteiger partial charge in [-0.25, -0.2) is 4.39 Å². The third kappa shape index (κ3) is 5.24. The van der Waals surface area contributed by atoms with Gasteiger partial charge in [0.15, 0.2) is 0 Å². The lowest BCUT2D eigenvalue weighted by molar-refractivity contribution is 0.181. The number of hydrogen-bond acceptors (Lipinski definition) is 3. The Morgan fingerprint density at radius 3 is 2.69 bits per heavy atom. The van der Waals surface area contributed by atoms with Gasteiger partial charge >= 0.3 is 0 Å². The topological polar surface area (TPSA) is 21.7 Å². The van der Waals surface area contributed by atoms with Crippen LogP contribution in [0.2, 0.25) is 0 Å². The highest BCUT2D eigenvalue weighted by molar-refractivity contribution is 9.11. The van der Waals surface area contributed by atoms with Crippen molar-refractivity contribution in [3.8, 4) is 5.75 Å². The van der Waals surface area contributed by atoms with Gasteiger partial charge in [-0.3, -0.25) is 9.29 Å². The fourth-order valence-electron chi connectivity index (χ4n) is 4.69. The molecule has 2 aliphatic rings. The number of alkyl halides is 1. The van der Waals surface area contributed by atoms with E-state index in [0.717, 1.165) is 71.4 Å². The van der Waals surface area contributed by atoms with Crippen LogP contribution in [0.25, 0.3) is 5.57 Å². The molecule has 0 amide bonds. The van der Waals surface area contributed by atoms with Crippen molar-refractivity contribution in [3.63, 3.8) is 0 Å². The molecule has 32 heavy (non-hydrogen) atoms. The normalized spacial score (nSPS) is 19.2. The maximum Gasteiger partial charge on any atom is 0.132 e. The largest absolute Gasteiger partial charge is 0.489 e. The molecule has 1 saturated heterocycles. The molecule has 1 unspecified atom stereocenters. The van der Waals surface area contributed by atoms with Gasteiger partial charge in [0, 0.05) is 36.8 Å². The van der Waals surface area contributed by atoms with Gasteiger partial charge in [-0.1, -0.05) is 40.2 Å². The Balaban J connectivity index is 1.53. The lowest BCUT2D eigenvalue weighted by Gasteiger charge is -2.18. The van der Waals surface area contributed by atoms with Crippen molar-refractivity contribution in [2.24, 2.45) is 0 Å². The molecule has 2 aromatic rings. The molecule has 1 aliphatic heterocycles. The van der Waals surface area contributed by atoms with Crippen molar-refractivity contribution in [1.29, 1.82) is 0 Å². The van der Waals surface area contributed by atoms with Crippen LogP contribution in [-0.2, 0) is 17.8 Å². The standard InChI is InChI=1S/C26H30BrF2NO2/c1-31-17-19-8-11-22-23(26(19)29)4-2-5-24(27)25(22)18-6-9-20(10-7-18)32-21-12-15-30(16-21)14-3-13-28/h6-11,21H,2-5,12-17H2,1H3. The van der Waals surface area contributed by atoms with Gasteiger partial charge in [-0.2, -0.15) is 0 Å². The van der Waals surface area contributed by atoms with Crippen molar-refractivity contribution >= 4 is 21.5 Å². The van der Waals surface area contributed by atoms with Crippen molar-refractivity contribution in [2.75, 3.05) is 33.4 Å². The Bertz CT molecular complexity index is 961. The van der Waals surface area contributed by atoms with Crippen LogP contribution < -0.4 is 4.74 Å². The minimum Gasteiger partial charge on any atom is -0.489 e. The molecule has 4 rings (SSSR count). The minimum absolute atomic E-state index is 0.137. The first-order valence-corrected chi connectivity index (χ1v) is 12.1. The highest BCUT2D eigenvalue weighted by Crippen LogP contribution is 2.39. The lowest BCUT2D eigenvalue weighted by Crippen LogP contribution is -2.26. The fourth-order valence-corrected chi connectivity index (χ4v) is 5.41. The second-order valence-corrected chi connectivity index (χ2v) is 9.48. The number of nitrogens with zero attached hydrogens (tertiary/aromatic N) is 1. The molecule has 1 atom stereocenters. The Hall–Kier alpha value is -1.76. The van der Waals surface area contributed by atoms with Crippen LogP contribution >= 0.6 is 15.9 Å². The number of halogens is 3. The smallest absolute Gasteiger partial charge is 0.132 e. The van der Waals surface area contributed by atoms with Gasteiger partial charge in [0.2, 0.25) is 0 Å². The summed E-state index contributed by atoms with van der Waals surface area (Å²) < 4.78 is 40.0. The average Bonchev–Trinajstić information content (AvgIpc) is 3.16. The van der Waals surface area contributed by atoms with E-state index in [1.54, 1.807) is 7.11 Å². The van der Waals surface area contributed by atoms with Crippen LogP contribution in [0, 0.1) is 5.82 Å². The maximum absolute atomic E-state index is 15.2.